The summed E-state index contributed by atoms with van der Waals surface area (Å²) in [6.07, 6.45) is 0. The first-order valence-electron chi connectivity index (χ1n) is 0. The van der Waals surface area contributed by atoms with Crippen molar-refractivity contribution in [2.75, 3.05) is 0 Å². The van der Waals surface area contributed by atoms with E-state index in [2.05, 4.69) is 0 Å². The molecule has 0 bridgehead atoms. The van der Waals surface area contributed by atoms with Gasteiger partial charge in [-0.15, -0.1) is 48.8 Å². The van der Waals surface area contributed by atoms with Crippen molar-refractivity contribution < 1.29 is 21.1 Å². The van der Waals surface area contributed by atoms with Gasteiger partial charge in [-0.1, -0.05) is 0 Å². The van der Waals surface area contributed by atoms with Crippen LogP contribution in [-0.2, 0) is 21.1 Å². The Morgan fingerprint density at radius 1 is 0.750 bits per heavy atom. The summed E-state index contributed by atoms with van der Waals surface area (Å²) in [5.74, 6) is 0. The van der Waals surface area contributed by atoms with Crippen molar-refractivity contribution in [3.63, 3.8) is 0 Å². The van der Waals surface area contributed by atoms with Crippen LogP contribution in [0.3, 0.4) is 0 Å². The summed E-state index contributed by atoms with van der Waals surface area (Å²) >= 11 is 0. The number of hydrogen-bond acceptors (Lipinski definition) is 0. The minimum absolute atomic E-state index is 0. The van der Waals surface area contributed by atoms with Crippen molar-refractivity contribution in [1.82, 2.24) is 0 Å². The average Bonchev–Trinajstić information content (AvgIpc) is 0. The molecule has 0 radical (unpaired) electrons. The summed E-state index contributed by atoms with van der Waals surface area (Å²) in [7, 11) is 0. The minimum atomic E-state index is 0. The van der Waals surface area contributed by atoms with E-state index in [1.165, 1.54) is 0 Å². The molecule has 0 nitrogen and oxygen atoms in total. The average molecular weight is 396 g/mol. The second-order valence-electron chi connectivity index (χ2n) is 0. The molecule has 0 N–H and O–H groups in total. The van der Waals surface area contributed by atoms with E-state index >= 15 is 0 Å². The first kappa shape index (κ1) is 37.5. The van der Waals surface area contributed by atoms with E-state index in [0.717, 1.165) is 0 Å². The van der Waals surface area contributed by atoms with Gasteiger partial charge in [0.05, 0.1) is 0 Å². The molecule has 34 valence electrons. The van der Waals surface area contributed by atoms with Crippen molar-refractivity contribution in [3.8, 4) is 0 Å². The Bertz CT molecular complexity index is 6.00. The number of rotatable bonds is 0. The third kappa shape index (κ3) is 9.00. The van der Waals surface area contributed by atoms with Crippen LogP contribution in [0.2, 0.25) is 0 Å². The fraction of sp³-hybridized carbons (Fsp3) is 0. The number of hydrogen-bond donors (Lipinski definition) is 0. The van der Waals surface area contributed by atoms with Crippen LogP contribution < -0.4 is 0 Å². The van der Waals surface area contributed by atoms with Gasteiger partial charge in [0.1, 0.15) is 0 Å². The predicted molar refractivity (Wildman–Crippen MR) is 29.9 cm³/mol. The van der Waals surface area contributed by atoms with Crippen molar-refractivity contribution in [3.05, 3.63) is 0 Å². The van der Waals surface area contributed by atoms with Gasteiger partial charge < -0.3 is 0 Å². The van der Waals surface area contributed by atoms with Crippen molar-refractivity contribution in [2.45, 2.75) is 0 Å². The van der Waals surface area contributed by atoms with Gasteiger partial charge in [-0.2, -0.15) is 0 Å². The monoisotopic (exact) mass is 395 g/mol. The maximum absolute atomic E-state index is 0. The standard InChI is InChI=1S/2ClH.HI.Pt/h3*1H;. The van der Waals surface area contributed by atoms with E-state index in [9.17, 15) is 0 Å². The smallest absolute Gasteiger partial charge is 0 e. The van der Waals surface area contributed by atoms with Gasteiger partial charge in [-0.3, -0.25) is 0 Å². The van der Waals surface area contributed by atoms with Gasteiger partial charge in [0.2, 0.25) is 0 Å². The topological polar surface area (TPSA) is 0 Å². The van der Waals surface area contributed by atoms with Crippen LogP contribution in [0.5, 0.6) is 0 Å². The molecule has 0 atom stereocenters. The summed E-state index contributed by atoms with van der Waals surface area (Å²) in [5, 5.41) is 0. The molecule has 0 aromatic carbocycles. The molecule has 0 heterocycles. The van der Waals surface area contributed by atoms with Crippen LogP contribution in [0, 0.1) is 0 Å². The van der Waals surface area contributed by atoms with E-state index in [1.807, 2.05) is 0 Å². The Morgan fingerprint density at radius 2 is 0.750 bits per heavy atom. The predicted octanol–water partition coefficient (Wildman–Crippen LogP) is 1.46. The molecule has 0 fully saturated rings. The molecule has 4 heteroatoms. The summed E-state index contributed by atoms with van der Waals surface area (Å²) in [5.41, 5.74) is 0. The molecular formula is H3Cl2IPt. The molecule has 0 rings (SSSR count). The van der Waals surface area contributed by atoms with Crippen LogP contribution in [-0.4, -0.2) is 0 Å². The van der Waals surface area contributed by atoms with Gasteiger partial charge in [-0.25, -0.2) is 0 Å². The molecule has 0 aromatic rings. The normalized spacial score (nSPS) is 0. The maximum Gasteiger partial charge on any atom is 0 e. The molecule has 0 saturated carbocycles. The van der Waals surface area contributed by atoms with Gasteiger partial charge in [0.25, 0.3) is 0 Å². The van der Waals surface area contributed by atoms with Gasteiger partial charge >= 0.3 is 0 Å². The molecule has 0 aliphatic rings. The van der Waals surface area contributed by atoms with E-state index in [0.29, 0.717) is 0 Å². The molecule has 0 amide bonds. The van der Waals surface area contributed by atoms with E-state index in [1.54, 1.807) is 0 Å². The van der Waals surface area contributed by atoms with Crippen molar-refractivity contribution >= 4 is 48.8 Å². The fourth-order valence-corrected chi connectivity index (χ4v) is 0. The molecule has 0 unspecified atom stereocenters. The van der Waals surface area contributed by atoms with Crippen molar-refractivity contribution in [1.29, 1.82) is 0 Å². The molecule has 0 aliphatic carbocycles. The van der Waals surface area contributed by atoms with E-state index in [-0.39, 0.29) is 69.9 Å². The molecule has 0 spiro atoms. The molecule has 4 heavy (non-hydrogen) atoms. The first-order valence-corrected chi connectivity index (χ1v) is 0. The Labute approximate surface area is 69.2 Å². The van der Waals surface area contributed by atoms with Crippen LogP contribution in [0.1, 0.15) is 0 Å². The second kappa shape index (κ2) is 20.0. The van der Waals surface area contributed by atoms with E-state index in [4.69, 9.17) is 0 Å². The zero-order valence-corrected chi connectivity index (χ0v) is 7.78. The third-order valence-electron chi connectivity index (χ3n) is 0. The van der Waals surface area contributed by atoms with Crippen LogP contribution in [0.25, 0.3) is 0 Å². The first-order chi connectivity index (χ1) is 0. The Morgan fingerprint density at radius 3 is 0.750 bits per heavy atom. The van der Waals surface area contributed by atoms with Gasteiger partial charge in [-0.05, 0) is 0 Å². The quantitative estimate of drug-likeness (QED) is 0.545. The zero-order valence-electron chi connectivity index (χ0n) is 1.54. The summed E-state index contributed by atoms with van der Waals surface area (Å²) in [6, 6.07) is 0. The summed E-state index contributed by atoms with van der Waals surface area (Å²) in [4.78, 5) is 0. The summed E-state index contributed by atoms with van der Waals surface area (Å²) in [6.45, 7) is 0. The largest absolute Gasteiger partial charge is 0.147 e. The van der Waals surface area contributed by atoms with Gasteiger partial charge in [0.15, 0.2) is 0 Å². The SMILES string of the molecule is Cl.Cl.I.[Pt]. The fourth-order valence-electron chi connectivity index (χ4n) is 0. The Balaban J connectivity index is 0. The zero-order chi connectivity index (χ0) is 0. The molecular weight excluding hydrogens is 393 g/mol. The molecule has 0 saturated heterocycles. The Kier molecular flexibility index (Phi) is 188. The van der Waals surface area contributed by atoms with Crippen molar-refractivity contribution in [2.24, 2.45) is 0 Å². The summed E-state index contributed by atoms with van der Waals surface area (Å²) < 4.78 is 0. The van der Waals surface area contributed by atoms with Crippen LogP contribution in [0.4, 0.5) is 0 Å². The van der Waals surface area contributed by atoms with Gasteiger partial charge in [0, 0.05) is 21.1 Å². The maximum atomic E-state index is 0. The number of halogens is 3. The molecule has 0 aliphatic heterocycles. The van der Waals surface area contributed by atoms with E-state index < -0.39 is 0 Å². The second-order valence-corrected chi connectivity index (χ2v) is 0. The van der Waals surface area contributed by atoms with Crippen LogP contribution in [0.15, 0.2) is 0 Å². The minimum Gasteiger partial charge on any atom is -0.147 e. The third-order valence-corrected chi connectivity index (χ3v) is 0. The molecule has 0 aromatic heterocycles. The Hall–Kier alpha value is 2.00. The van der Waals surface area contributed by atoms with Crippen LogP contribution >= 0.6 is 48.8 Å².